The van der Waals surface area contributed by atoms with E-state index in [1.807, 2.05) is 6.92 Å². The van der Waals surface area contributed by atoms with Gasteiger partial charge in [-0.25, -0.2) is 13.2 Å². The maximum Gasteiger partial charge on any atom is 0.339 e. The van der Waals surface area contributed by atoms with Crippen LogP contribution in [0.25, 0.3) is 11.0 Å². The standard InChI is InChI=1S/C19H23NO6S/c1-11-12(2)19(22)26-18-13(3)16(6-5-15(11)18)25-9-17(21)20(4)14-7-8-27(23,24)10-14/h5-6,14H,7-10H2,1-4H3/t14-/m0/s1. The molecule has 0 saturated carbocycles. The lowest BCUT2D eigenvalue weighted by Gasteiger charge is -2.23. The van der Waals surface area contributed by atoms with Gasteiger partial charge < -0.3 is 14.1 Å². The minimum atomic E-state index is -3.06. The minimum absolute atomic E-state index is 0.00593. The molecule has 1 aliphatic heterocycles. The second kappa shape index (κ2) is 6.99. The van der Waals surface area contributed by atoms with Crippen LogP contribution in [-0.4, -0.2) is 50.4 Å². The van der Waals surface area contributed by atoms with Crippen LogP contribution in [0.3, 0.4) is 0 Å². The summed E-state index contributed by atoms with van der Waals surface area (Å²) in [6.45, 7) is 5.14. The van der Waals surface area contributed by atoms with Gasteiger partial charge in [-0.1, -0.05) is 0 Å². The van der Waals surface area contributed by atoms with Crippen molar-refractivity contribution in [1.29, 1.82) is 0 Å². The Morgan fingerprint density at radius 1 is 1.22 bits per heavy atom. The van der Waals surface area contributed by atoms with Crippen LogP contribution >= 0.6 is 0 Å². The molecular formula is C19H23NO6S. The van der Waals surface area contributed by atoms with E-state index in [9.17, 15) is 18.0 Å². The molecule has 2 aromatic rings. The Labute approximate surface area is 157 Å². The van der Waals surface area contributed by atoms with Crippen molar-refractivity contribution >= 4 is 26.7 Å². The zero-order chi connectivity index (χ0) is 19.9. The fraction of sp³-hybridized carbons (Fsp3) is 0.474. The highest BCUT2D eigenvalue weighted by Gasteiger charge is 2.32. The SMILES string of the molecule is Cc1c(C)c2ccc(OCC(=O)N(C)[C@H]3CCS(=O)(=O)C3)c(C)c2oc1=O. The topological polar surface area (TPSA) is 93.9 Å². The molecule has 0 unspecified atom stereocenters. The van der Waals surface area contributed by atoms with E-state index < -0.39 is 15.5 Å². The Hall–Kier alpha value is -2.35. The van der Waals surface area contributed by atoms with Crippen LogP contribution < -0.4 is 10.4 Å². The van der Waals surface area contributed by atoms with Crippen molar-refractivity contribution in [1.82, 2.24) is 4.90 Å². The van der Waals surface area contributed by atoms with E-state index in [-0.39, 0.29) is 30.1 Å². The van der Waals surface area contributed by atoms with Crippen LogP contribution in [0.4, 0.5) is 0 Å². The maximum absolute atomic E-state index is 12.4. The van der Waals surface area contributed by atoms with Gasteiger partial charge in [0.15, 0.2) is 16.4 Å². The normalized spacial score (nSPS) is 18.6. The number of carbonyl (C=O) groups is 1. The molecule has 0 bridgehead atoms. The summed E-state index contributed by atoms with van der Waals surface area (Å²) < 4.78 is 34.2. The third-order valence-electron chi connectivity index (χ3n) is 5.32. The molecule has 0 N–H and O–H groups in total. The molecule has 1 aliphatic rings. The average molecular weight is 393 g/mol. The van der Waals surface area contributed by atoms with Crippen LogP contribution in [0, 0.1) is 20.8 Å². The number of benzene rings is 1. The molecule has 2 heterocycles. The highest BCUT2D eigenvalue weighted by molar-refractivity contribution is 7.91. The lowest BCUT2D eigenvalue weighted by Crippen LogP contribution is -2.40. The predicted molar refractivity (Wildman–Crippen MR) is 102 cm³/mol. The van der Waals surface area contributed by atoms with Gasteiger partial charge >= 0.3 is 5.63 Å². The van der Waals surface area contributed by atoms with Gasteiger partial charge in [0.05, 0.1) is 11.5 Å². The molecule has 27 heavy (non-hydrogen) atoms. The smallest absolute Gasteiger partial charge is 0.339 e. The number of carbonyl (C=O) groups excluding carboxylic acids is 1. The molecule has 7 nitrogen and oxygen atoms in total. The molecule has 146 valence electrons. The van der Waals surface area contributed by atoms with E-state index in [0.29, 0.717) is 28.9 Å². The van der Waals surface area contributed by atoms with E-state index >= 15 is 0 Å². The van der Waals surface area contributed by atoms with Crippen molar-refractivity contribution in [3.05, 3.63) is 39.2 Å². The third-order valence-corrected chi connectivity index (χ3v) is 7.07. The van der Waals surface area contributed by atoms with Gasteiger partial charge in [-0.3, -0.25) is 4.79 Å². The molecular weight excluding hydrogens is 370 g/mol. The molecule has 1 atom stereocenters. The zero-order valence-corrected chi connectivity index (χ0v) is 16.7. The summed E-state index contributed by atoms with van der Waals surface area (Å²) >= 11 is 0. The third kappa shape index (κ3) is 3.71. The van der Waals surface area contributed by atoms with Crippen LogP contribution in [0.15, 0.2) is 21.3 Å². The zero-order valence-electron chi connectivity index (χ0n) is 15.9. The Balaban J connectivity index is 1.77. The summed E-state index contributed by atoms with van der Waals surface area (Å²) in [4.78, 5) is 25.8. The summed E-state index contributed by atoms with van der Waals surface area (Å²) in [5.74, 6) is 0.263. The molecule has 1 aromatic carbocycles. The van der Waals surface area contributed by atoms with Gasteiger partial charge in [-0.05, 0) is 44.9 Å². The Morgan fingerprint density at radius 3 is 2.56 bits per heavy atom. The number of amides is 1. The van der Waals surface area contributed by atoms with E-state index in [0.717, 1.165) is 10.9 Å². The molecule has 1 aromatic heterocycles. The van der Waals surface area contributed by atoms with Gasteiger partial charge in [0.25, 0.3) is 5.91 Å². The first-order valence-corrected chi connectivity index (χ1v) is 10.6. The Morgan fingerprint density at radius 2 is 1.93 bits per heavy atom. The molecule has 0 aliphatic carbocycles. The van der Waals surface area contributed by atoms with Crippen molar-refractivity contribution in [2.24, 2.45) is 0 Å². The van der Waals surface area contributed by atoms with Crippen molar-refractivity contribution in [3.63, 3.8) is 0 Å². The molecule has 0 spiro atoms. The number of aryl methyl sites for hydroxylation is 2. The number of hydrogen-bond acceptors (Lipinski definition) is 6. The first-order valence-electron chi connectivity index (χ1n) is 8.73. The van der Waals surface area contributed by atoms with Crippen molar-refractivity contribution in [2.45, 2.75) is 33.2 Å². The van der Waals surface area contributed by atoms with Crippen LogP contribution in [0.2, 0.25) is 0 Å². The number of nitrogens with zero attached hydrogens (tertiary/aromatic N) is 1. The van der Waals surface area contributed by atoms with Gasteiger partial charge in [0, 0.05) is 29.6 Å². The summed E-state index contributed by atoms with van der Waals surface area (Å²) in [5, 5.41) is 0.830. The van der Waals surface area contributed by atoms with Crippen LogP contribution in [-0.2, 0) is 14.6 Å². The molecule has 8 heteroatoms. The van der Waals surface area contributed by atoms with E-state index in [1.54, 1.807) is 33.0 Å². The maximum atomic E-state index is 12.4. The Kier molecular flexibility index (Phi) is 5.03. The first kappa shape index (κ1) is 19.4. The highest BCUT2D eigenvalue weighted by Crippen LogP contribution is 2.29. The van der Waals surface area contributed by atoms with Gasteiger partial charge in [0.1, 0.15) is 11.3 Å². The minimum Gasteiger partial charge on any atom is -0.483 e. The predicted octanol–water partition coefficient (Wildman–Crippen LogP) is 1.74. The van der Waals surface area contributed by atoms with E-state index in [2.05, 4.69) is 0 Å². The van der Waals surface area contributed by atoms with Crippen molar-refractivity contribution in [2.75, 3.05) is 25.2 Å². The summed E-state index contributed by atoms with van der Waals surface area (Å²) in [6, 6.07) is 3.24. The highest BCUT2D eigenvalue weighted by atomic mass is 32.2. The van der Waals surface area contributed by atoms with Crippen molar-refractivity contribution in [3.8, 4) is 5.75 Å². The number of hydrogen-bond donors (Lipinski definition) is 0. The summed E-state index contributed by atoms with van der Waals surface area (Å²) in [6.07, 6.45) is 0.448. The Bertz CT molecular complexity index is 1070. The lowest BCUT2D eigenvalue weighted by atomic mass is 10.0. The molecule has 1 fully saturated rings. The second-order valence-electron chi connectivity index (χ2n) is 7.06. The van der Waals surface area contributed by atoms with Crippen LogP contribution in [0.1, 0.15) is 23.1 Å². The quantitative estimate of drug-likeness (QED) is 0.735. The number of fused-ring (bicyclic) bond motifs is 1. The average Bonchev–Trinajstić information content (AvgIpc) is 2.98. The van der Waals surface area contributed by atoms with Gasteiger partial charge in [0.2, 0.25) is 0 Å². The fourth-order valence-electron chi connectivity index (χ4n) is 3.31. The molecule has 1 amide bonds. The summed E-state index contributed by atoms with van der Waals surface area (Å²) in [5.41, 5.74) is 2.13. The van der Waals surface area contributed by atoms with E-state index in [1.165, 1.54) is 4.90 Å². The molecule has 3 rings (SSSR count). The number of likely N-dealkylation sites (N-methyl/N-ethyl adjacent to an activating group) is 1. The van der Waals surface area contributed by atoms with Crippen molar-refractivity contribution < 1.29 is 22.4 Å². The first-order chi connectivity index (χ1) is 12.6. The monoisotopic (exact) mass is 393 g/mol. The van der Waals surface area contributed by atoms with Crippen LogP contribution in [0.5, 0.6) is 5.75 Å². The molecule has 0 radical (unpaired) electrons. The lowest BCUT2D eigenvalue weighted by molar-refractivity contribution is -0.133. The number of rotatable bonds is 4. The number of ether oxygens (including phenoxy) is 1. The largest absolute Gasteiger partial charge is 0.483 e. The summed E-state index contributed by atoms with van der Waals surface area (Å²) in [7, 11) is -1.47. The molecule has 1 saturated heterocycles. The fourth-order valence-corrected chi connectivity index (χ4v) is 5.08. The van der Waals surface area contributed by atoms with Gasteiger partial charge in [-0.2, -0.15) is 0 Å². The number of sulfone groups is 1. The second-order valence-corrected chi connectivity index (χ2v) is 9.28. The van der Waals surface area contributed by atoms with E-state index in [4.69, 9.17) is 9.15 Å². The van der Waals surface area contributed by atoms with Gasteiger partial charge in [-0.15, -0.1) is 0 Å².